The molecule has 0 saturated carbocycles. The molecule has 2 heteroatoms. The molecule has 4 aromatic rings. The molecule has 0 aromatic heterocycles. The van der Waals surface area contributed by atoms with Gasteiger partial charge in [-0.1, -0.05) is 125 Å². The fourth-order valence-corrected chi connectivity index (χ4v) is 6.84. The Morgan fingerprint density at radius 1 is 0.519 bits per heavy atom. The van der Waals surface area contributed by atoms with E-state index < -0.39 is 7.94 Å². The average Bonchev–Trinajstić information content (AvgIpc) is 2.75. The van der Waals surface area contributed by atoms with E-state index in [-0.39, 0.29) is 0 Å². The van der Waals surface area contributed by atoms with Gasteiger partial charge in [0, 0.05) is 0 Å². The van der Waals surface area contributed by atoms with Crippen LogP contribution in [0, 0.1) is 6.92 Å². The van der Waals surface area contributed by atoms with E-state index in [1.807, 2.05) is 12.1 Å². The second kappa shape index (κ2) is 7.42. The Morgan fingerprint density at radius 3 is 1.48 bits per heavy atom. The third kappa shape index (κ3) is 3.29. The van der Waals surface area contributed by atoms with Gasteiger partial charge in [0.2, 0.25) is 0 Å². The van der Waals surface area contributed by atoms with Crippen LogP contribution in [0.25, 0.3) is 11.1 Å². The molecule has 0 aliphatic heterocycles. The SMILES string of the molecule is [B][Si](c1ccccc1)(c1ccccc1)c1ccc(-c2ccccc2C)cc1. The summed E-state index contributed by atoms with van der Waals surface area (Å²) in [5.74, 6) is 0. The normalized spacial score (nSPS) is 11.3. The highest BCUT2D eigenvalue weighted by Gasteiger charge is 2.32. The highest BCUT2D eigenvalue weighted by atomic mass is 28.3. The summed E-state index contributed by atoms with van der Waals surface area (Å²) in [5.41, 5.74) is 3.79. The van der Waals surface area contributed by atoms with E-state index in [1.165, 1.54) is 32.3 Å². The third-order valence-electron chi connectivity index (χ3n) is 5.25. The maximum Gasteiger partial charge on any atom is 0.103 e. The van der Waals surface area contributed by atoms with Crippen LogP contribution in [0.4, 0.5) is 0 Å². The molecular formula is C25H21BSi. The molecule has 0 spiro atoms. The van der Waals surface area contributed by atoms with Crippen LogP contribution in [-0.4, -0.2) is 15.4 Å². The molecule has 128 valence electrons. The van der Waals surface area contributed by atoms with Crippen LogP contribution in [0.15, 0.2) is 109 Å². The van der Waals surface area contributed by atoms with E-state index in [1.54, 1.807) is 0 Å². The first kappa shape index (κ1) is 17.6. The zero-order valence-electron chi connectivity index (χ0n) is 15.5. The zero-order valence-corrected chi connectivity index (χ0v) is 16.5. The summed E-state index contributed by atoms with van der Waals surface area (Å²) in [7, 11) is 4.70. The van der Waals surface area contributed by atoms with Crippen molar-refractivity contribution < 1.29 is 0 Å². The van der Waals surface area contributed by atoms with Gasteiger partial charge in [-0.15, -0.1) is 0 Å². The fourth-order valence-electron chi connectivity index (χ4n) is 3.71. The van der Waals surface area contributed by atoms with Crippen molar-refractivity contribution in [2.24, 2.45) is 0 Å². The first-order valence-corrected chi connectivity index (χ1v) is 11.3. The molecule has 0 aliphatic rings. The van der Waals surface area contributed by atoms with Crippen LogP contribution >= 0.6 is 0 Å². The number of hydrogen-bond acceptors (Lipinski definition) is 0. The van der Waals surface area contributed by atoms with Crippen molar-refractivity contribution in [2.45, 2.75) is 6.92 Å². The fraction of sp³-hybridized carbons (Fsp3) is 0.0400. The number of benzene rings is 4. The van der Waals surface area contributed by atoms with E-state index in [9.17, 15) is 0 Å². The molecule has 0 amide bonds. The topological polar surface area (TPSA) is 0 Å². The predicted molar refractivity (Wildman–Crippen MR) is 120 cm³/mol. The number of aryl methyl sites for hydroxylation is 1. The van der Waals surface area contributed by atoms with Gasteiger partial charge in [0.15, 0.2) is 0 Å². The predicted octanol–water partition coefficient (Wildman–Crippen LogP) is 3.80. The maximum absolute atomic E-state index is 7.22. The van der Waals surface area contributed by atoms with Crippen LogP contribution in [0.3, 0.4) is 0 Å². The molecular weight excluding hydrogens is 339 g/mol. The molecule has 4 rings (SSSR count). The summed E-state index contributed by atoms with van der Waals surface area (Å²) in [5, 5.41) is 3.66. The van der Waals surface area contributed by atoms with Crippen molar-refractivity contribution in [2.75, 3.05) is 0 Å². The van der Waals surface area contributed by atoms with Crippen molar-refractivity contribution in [1.82, 2.24) is 0 Å². The molecule has 0 bridgehead atoms. The summed E-state index contributed by atoms with van der Waals surface area (Å²) in [6.45, 7) is 2.15. The van der Waals surface area contributed by atoms with Crippen molar-refractivity contribution in [3.05, 3.63) is 115 Å². The minimum atomic E-state index is -2.52. The van der Waals surface area contributed by atoms with Gasteiger partial charge in [-0.25, -0.2) is 0 Å². The number of rotatable bonds is 4. The first-order chi connectivity index (χ1) is 13.2. The smallest absolute Gasteiger partial charge is 0.0629 e. The molecule has 0 unspecified atom stereocenters. The lowest BCUT2D eigenvalue weighted by Crippen LogP contribution is -2.68. The summed E-state index contributed by atoms with van der Waals surface area (Å²) in [6, 6.07) is 38.4. The van der Waals surface area contributed by atoms with Crippen molar-refractivity contribution >= 4 is 30.9 Å². The first-order valence-electron chi connectivity index (χ1n) is 9.26. The van der Waals surface area contributed by atoms with E-state index in [0.717, 1.165) is 0 Å². The number of hydrogen-bond donors (Lipinski definition) is 0. The Morgan fingerprint density at radius 2 is 0.963 bits per heavy atom. The van der Waals surface area contributed by atoms with Gasteiger partial charge in [0.25, 0.3) is 0 Å². The Hall–Kier alpha value is -2.84. The maximum atomic E-state index is 7.22. The van der Waals surface area contributed by atoms with Gasteiger partial charge in [-0.05, 0) is 23.6 Å². The minimum absolute atomic E-state index is 1.22. The monoisotopic (exact) mass is 360 g/mol. The lowest BCUT2D eigenvalue weighted by atomic mass is 10.0. The molecule has 0 fully saturated rings. The van der Waals surface area contributed by atoms with Gasteiger partial charge in [0.1, 0.15) is 7.94 Å². The van der Waals surface area contributed by atoms with E-state index in [2.05, 4.69) is 104 Å². The largest absolute Gasteiger partial charge is 0.103 e. The average molecular weight is 360 g/mol. The molecule has 0 saturated heterocycles. The third-order valence-corrected chi connectivity index (χ3v) is 8.99. The second-order valence-corrected chi connectivity index (χ2v) is 10.3. The lowest BCUT2D eigenvalue weighted by molar-refractivity contribution is 1.46. The molecule has 2 radical (unpaired) electrons. The lowest BCUT2D eigenvalue weighted by Gasteiger charge is -2.30. The van der Waals surface area contributed by atoms with Gasteiger partial charge in [-0.3, -0.25) is 0 Å². The standard InChI is InChI=1S/C25H21BSi/c1-20-10-8-9-15-25(20)21-16-18-24(19-17-21)27(26,22-11-4-2-5-12-22)23-13-6-3-7-14-23/h2-19H,1H3. The van der Waals surface area contributed by atoms with Crippen molar-refractivity contribution in [1.29, 1.82) is 0 Å². The quantitative estimate of drug-likeness (QED) is 0.384. The van der Waals surface area contributed by atoms with Crippen LogP contribution in [-0.2, 0) is 0 Å². The van der Waals surface area contributed by atoms with Crippen LogP contribution in [0.5, 0.6) is 0 Å². The van der Waals surface area contributed by atoms with Crippen LogP contribution in [0.1, 0.15) is 5.56 Å². The molecule has 0 N–H and O–H groups in total. The van der Waals surface area contributed by atoms with Gasteiger partial charge >= 0.3 is 0 Å². The highest BCUT2D eigenvalue weighted by molar-refractivity contribution is 7.38. The highest BCUT2D eigenvalue weighted by Crippen LogP contribution is 2.22. The zero-order chi connectivity index (χ0) is 18.7. The second-order valence-electron chi connectivity index (χ2n) is 6.93. The minimum Gasteiger partial charge on any atom is -0.0629 e. The molecule has 0 atom stereocenters. The summed E-state index contributed by atoms with van der Waals surface area (Å²) in [6.07, 6.45) is 0. The van der Waals surface area contributed by atoms with Gasteiger partial charge in [0.05, 0.1) is 7.44 Å². The van der Waals surface area contributed by atoms with Crippen molar-refractivity contribution in [3.63, 3.8) is 0 Å². The Bertz CT molecular complexity index is 985. The van der Waals surface area contributed by atoms with E-state index in [0.29, 0.717) is 0 Å². The molecule has 0 nitrogen and oxygen atoms in total. The molecule has 4 aromatic carbocycles. The van der Waals surface area contributed by atoms with Crippen LogP contribution < -0.4 is 15.6 Å². The molecule has 0 heterocycles. The molecule has 27 heavy (non-hydrogen) atoms. The van der Waals surface area contributed by atoms with Gasteiger partial charge < -0.3 is 0 Å². The van der Waals surface area contributed by atoms with Crippen molar-refractivity contribution in [3.8, 4) is 11.1 Å². The molecule has 0 aliphatic carbocycles. The summed E-state index contributed by atoms with van der Waals surface area (Å²) >= 11 is 0. The van der Waals surface area contributed by atoms with E-state index >= 15 is 0 Å². The van der Waals surface area contributed by atoms with Crippen LogP contribution in [0.2, 0.25) is 0 Å². The Balaban J connectivity index is 1.83. The van der Waals surface area contributed by atoms with E-state index in [4.69, 9.17) is 7.44 Å². The van der Waals surface area contributed by atoms with Gasteiger partial charge in [-0.2, -0.15) is 0 Å². The Labute approximate surface area is 163 Å². The summed E-state index contributed by atoms with van der Waals surface area (Å²) < 4.78 is 0. The Kier molecular flexibility index (Phi) is 4.83. The summed E-state index contributed by atoms with van der Waals surface area (Å²) in [4.78, 5) is 0.